The molecular weight excluding hydrogens is 870 g/mol. The molecule has 0 aromatic heterocycles. The first-order chi connectivity index (χ1) is 33.0. The van der Waals surface area contributed by atoms with Gasteiger partial charge in [0.05, 0.1) is 27.7 Å². The number of carbonyl (C=O) groups is 2. The van der Waals surface area contributed by atoms with Gasteiger partial charge < -0.3 is 27.9 Å². The number of nitrogens with zero attached hydrogens (tertiary/aromatic N) is 1. The van der Waals surface area contributed by atoms with E-state index in [0.717, 1.165) is 109 Å². The summed E-state index contributed by atoms with van der Waals surface area (Å²) in [6.07, 6.45) is 66.9. The van der Waals surface area contributed by atoms with Gasteiger partial charge in [0, 0.05) is 12.8 Å². The molecule has 10 heteroatoms. The van der Waals surface area contributed by atoms with Crippen LogP contribution >= 0.6 is 7.82 Å². The van der Waals surface area contributed by atoms with Crippen LogP contribution in [-0.2, 0) is 32.7 Å². The third-order valence-corrected chi connectivity index (χ3v) is 11.8. The molecule has 0 aliphatic carbocycles. The second-order valence-electron chi connectivity index (χ2n) is 18.5. The minimum absolute atomic E-state index is 0.0405. The molecule has 0 saturated carbocycles. The van der Waals surface area contributed by atoms with E-state index in [2.05, 4.69) is 123 Å². The van der Waals surface area contributed by atoms with Crippen LogP contribution < -0.4 is 4.89 Å². The normalized spacial score (nSPS) is 14.3. The molecule has 0 aliphatic heterocycles. The maximum Gasteiger partial charge on any atom is 0.306 e. The smallest absolute Gasteiger partial charge is 0.306 e. The average Bonchev–Trinajstić information content (AvgIpc) is 3.30. The van der Waals surface area contributed by atoms with E-state index in [-0.39, 0.29) is 26.1 Å². The number of unbranched alkanes of at least 4 members (excludes halogenated alkanes) is 15. The highest BCUT2D eigenvalue weighted by Crippen LogP contribution is 2.38. The highest BCUT2D eigenvalue weighted by atomic mass is 31.2. The first kappa shape index (κ1) is 64.7. The van der Waals surface area contributed by atoms with Crippen molar-refractivity contribution in [2.24, 2.45) is 0 Å². The number of esters is 2. The number of phosphoric acid groups is 1. The minimum atomic E-state index is -4.64. The van der Waals surface area contributed by atoms with E-state index in [0.29, 0.717) is 23.9 Å². The molecule has 0 bridgehead atoms. The summed E-state index contributed by atoms with van der Waals surface area (Å²) in [6.45, 7) is 3.97. The number of quaternary nitrogens is 1. The van der Waals surface area contributed by atoms with Crippen LogP contribution in [0.4, 0.5) is 0 Å². The van der Waals surface area contributed by atoms with Gasteiger partial charge in [0.1, 0.15) is 19.8 Å². The number of hydrogen-bond donors (Lipinski definition) is 0. The van der Waals surface area contributed by atoms with Gasteiger partial charge in [-0.25, -0.2) is 0 Å². The molecular formula is C58H98NO8P. The second-order valence-corrected chi connectivity index (χ2v) is 19.9. The van der Waals surface area contributed by atoms with Crippen LogP contribution in [0.2, 0.25) is 0 Å². The molecule has 388 valence electrons. The van der Waals surface area contributed by atoms with Gasteiger partial charge in [-0.15, -0.1) is 0 Å². The molecule has 0 N–H and O–H groups in total. The Morgan fingerprint density at radius 3 is 1.18 bits per heavy atom. The standard InChI is InChI=1S/C58H98NO8P/c1-6-8-10-12-14-16-18-20-22-24-25-26-27-28-29-30-31-32-33-35-37-39-41-43-45-47-49-51-58(61)67-56(55-66-68(62,63)65-53-52-59(3,4)5)54-64-57(60)50-48-46-44-42-40-38-36-34-23-21-19-17-15-13-11-9-7-2/h8-11,14-17,20-23,25-26,28-29,31-32,56H,6-7,12-13,18-19,24,27,30,33-55H2,1-5H3/b10-8-,11-9-,16-14-,17-15-,22-20-,23-21-,26-25-,29-28-,32-31-. The lowest BCUT2D eigenvalue weighted by Gasteiger charge is -2.28. The average molecular weight is 968 g/mol. The SMILES string of the molecule is CC/C=C\C/C=C\C/C=C\C/C=C\C/C=C\C/C=C\CCCCCCCCCCC(=O)OC(COC(=O)CCCCCCCCC/C=C\C/C=C\C/C=C\CC)COP(=O)([O-])OCC[N+](C)(C)C. The summed E-state index contributed by atoms with van der Waals surface area (Å²) < 4.78 is 34.1. The number of allylic oxidation sites excluding steroid dienone is 18. The van der Waals surface area contributed by atoms with Crippen LogP contribution in [0.5, 0.6) is 0 Å². The van der Waals surface area contributed by atoms with Crippen molar-refractivity contribution in [3.8, 4) is 0 Å². The topological polar surface area (TPSA) is 111 Å². The lowest BCUT2D eigenvalue weighted by Crippen LogP contribution is -2.37. The van der Waals surface area contributed by atoms with Crippen molar-refractivity contribution in [2.45, 2.75) is 200 Å². The van der Waals surface area contributed by atoms with E-state index in [1.54, 1.807) is 0 Å². The molecule has 0 heterocycles. The van der Waals surface area contributed by atoms with Gasteiger partial charge in [0.25, 0.3) is 7.82 Å². The predicted molar refractivity (Wildman–Crippen MR) is 286 cm³/mol. The zero-order chi connectivity index (χ0) is 49.9. The Hall–Kier alpha value is -3.33. The van der Waals surface area contributed by atoms with Crippen LogP contribution in [0.15, 0.2) is 109 Å². The van der Waals surface area contributed by atoms with Crippen LogP contribution in [0, 0.1) is 0 Å². The number of rotatable bonds is 47. The Balaban J connectivity index is 4.27. The number of likely N-dealkylation sites (N-methyl/N-ethyl adjacent to an activating group) is 1. The molecule has 0 fully saturated rings. The molecule has 68 heavy (non-hydrogen) atoms. The van der Waals surface area contributed by atoms with Gasteiger partial charge >= 0.3 is 11.9 Å². The van der Waals surface area contributed by atoms with Gasteiger partial charge in [0.15, 0.2) is 6.10 Å². The summed E-state index contributed by atoms with van der Waals surface area (Å²) >= 11 is 0. The summed E-state index contributed by atoms with van der Waals surface area (Å²) in [5.74, 6) is -0.863. The Bertz CT molecular complexity index is 1520. The Morgan fingerprint density at radius 1 is 0.456 bits per heavy atom. The van der Waals surface area contributed by atoms with Crippen molar-refractivity contribution in [2.75, 3.05) is 47.5 Å². The number of hydrogen-bond acceptors (Lipinski definition) is 8. The van der Waals surface area contributed by atoms with Gasteiger partial charge in [-0.05, 0) is 96.3 Å². The van der Waals surface area contributed by atoms with E-state index in [1.807, 2.05) is 21.1 Å². The second kappa shape index (κ2) is 48.7. The van der Waals surface area contributed by atoms with Gasteiger partial charge in [-0.2, -0.15) is 0 Å². The Morgan fingerprint density at radius 2 is 0.794 bits per heavy atom. The van der Waals surface area contributed by atoms with Crippen molar-refractivity contribution in [3.63, 3.8) is 0 Å². The van der Waals surface area contributed by atoms with Crippen LogP contribution in [0.25, 0.3) is 0 Å². The van der Waals surface area contributed by atoms with Gasteiger partial charge in [0.2, 0.25) is 0 Å². The van der Waals surface area contributed by atoms with Crippen molar-refractivity contribution in [1.29, 1.82) is 0 Å². The van der Waals surface area contributed by atoms with Gasteiger partial charge in [-0.1, -0.05) is 194 Å². The maximum absolute atomic E-state index is 12.8. The lowest BCUT2D eigenvalue weighted by molar-refractivity contribution is -0.870. The molecule has 0 saturated heterocycles. The number of phosphoric ester groups is 1. The lowest BCUT2D eigenvalue weighted by atomic mass is 10.1. The molecule has 0 aromatic carbocycles. The van der Waals surface area contributed by atoms with Crippen molar-refractivity contribution in [3.05, 3.63) is 109 Å². The zero-order valence-corrected chi connectivity index (χ0v) is 44.7. The quantitative estimate of drug-likeness (QED) is 0.0195. The fourth-order valence-corrected chi connectivity index (χ4v) is 7.46. The number of ether oxygens (including phenoxy) is 2. The first-order valence-corrected chi connectivity index (χ1v) is 28.1. The molecule has 0 aliphatic rings. The van der Waals surface area contributed by atoms with Crippen molar-refractivity contribution in [1.82, 2.24) is 0 Å². The summed E-state index contributed by atoms with van der Waals surface area (Å²) in [7, 11) is 1.14. The van der Waals surface area contributed by atoms with E-state index in [1.165, 1.54) is 44.9 Å². The fourth-order valence-electron chi connectivity index (χ4n) is 6.73. The Kier molecular flexibility index (Phi) is 46.3. The molecule has 0 spiro atoms. The predicted octanol–water partition coefficient (Wildman–Crippen LogP) is 15.6. The van der Waals surface area contributed by atoms with Crippen molar-refractivity contribution >= 4 is 19.8 Å². The highest BCUT2D eigenvalue weighted by Gasteiger charge is 2.21. The zero-order valence-electron chi connectivity index (χ0n) is 43.8. The molecule has 2 atom stereocenters. The number of carbonyl (C=O) groups excluding carboxylic acids is 2. The summed E-state index contributed by atoms with van der Waals surface area (Å²) in [4.78, 5) is 37.8. The summed E-state index contributed by atoms with van der Waals surface area (Å²) in [5.41, 5.74) is 0. The van der Waals surface area contributed by atoms with Crippen LogP contribution in [0.3, 0.4) is 0 Å². The third kappa shape index (κ3) is 52.0. The third-order valence-electron chi connectivity index (χ3n) is 10.8. The fraction of sp³-hybridized carbons (Fsp3) is 0.655. The monoisotopic (exact) mass is 968 g/mol. The summed E-state index contributed by atoms with van der Waals surface area (Å²) in [5, 5.41) is 0. The Labute approximate surface area is 416 Å². The molecule has 0 radical (unpaired) electrons. The first-order valence-electron chi connectivity index (χ1n) is 26.6. The maximum atomic E-state index is 12.8. The molecule has 0 amide bonds. The van der Waals surface area contributed by atoms with E-state index in [4.69, 9.17) is 18.5 Å². The molecule has 0 rings (SSSR count). The summed E-state index contributed by atoms with van der Waals surface area (Å²) in [6, 6.07) is 0. The van der Waals surface area contributed by atoms with E-state index in [9.17, 15) is 19.0 Å². The minimum Gasteiger partial charge on any atom is -0.756 e. The largest absolute Gasteiger partial charge is 0.756 e. The van der Waals surface area contributed by atoms with E-state index < -0.39 is 32.5 Å². The van der Waals surface area contributed by atoms with Crippen molar-refractivity contribution < 1.29 is 42.1 Å². The molecule has 0 aromatic rings. The van der Waals surface area contributed by atoms with E-state index >= 15 is 0 Å². The molecule has 2 unspecified atom stereocenters. The molecule has 9 nitrogen and oxygen atoms in total. The van der Waals surface area contributed by atoms with Crippen LogP contribution in [-0.4, -0.2) is 70.0 Å². The highest BCUT2D eigenvalue weighted by molar-refractivity contribution is 7.45. The van der Waals surface area contributed by atoms with Crippen LogP contribution in [0.1, 0.15) is 194 Å². The van der Waals surface area contributed by atoms with Gasteiger partial charge in [-0.3, -0.25) is 14.2 Å².